The minimum Gasteiger partial charge on any atom is -0.465 e. The summed E-state index contributed by atoms with van der Waals surface area (Å²) < 4.78 is 10.3. The normalized spacial score (nSPS) is 14.2. The predicted molar refractivity (Wildman–Crippen MR) is 72.1 cm³/mol. The van der Waals surface area contributed by atoms with E-state index < -0.39 is 5.97 Å². The quantitative estimate of drug-likeness (QED) is 0.613. The van der Waals surface area contributed by atoms with Gasteiger partial charge in [-0.25, -0.2) is 4.79 Å². The molecule has 1 aromatic rings. The number of hydrogen-bond acceptors (Lipinski definition) is 5. The van der Waals surface area contributed by atoms with Crippen molar-refractivity contribution in [2.24, 2.45) is 0 Å². The summed E-state index contributed by atoms with van der Waals surface area (Å²) in [4.78, 5) is 23.5. The van der Waals surface area contributed by atoms with Crippen LogP contribution < -0.4 is 0 Å². The lowest BCUT2D eigenvalue weighted by Crippen LogP contribution is -2.04. The molecule has 1 aliphatic rings. The van der Waals surface area contributed by atoms with E-state index in [0.29, 0.717) is 18.3 Å². The third-order valence-corrected chi connectivity index (χ3v) is 3.42. The molecule has 0 bridgehead atoms. The van der Waals surface area contributed by atoms with Crippen LogP contribution >= 0.6 is 11.8 Å². The molecule has 0 N–H and O–H groups in total. The third-order valence-electron chi connectivity index (χ3n) is 2.66. The summed E-state index contributed by atoms with van der Waals surface area (Å²) in [6.07, 6.45) is 2.56. The van der Waals surface area contributed by atoms with Gasteiger partial charge in [-0.05, 0) is 36.6 Å². The molecule has 0 spiro atoms. The predicted octanol–water partition coefficient (Wildman–Crippen LogP) is 2.79. The molecule has 0 heterocycles. The minimum atomic E-state index is -0.404. The standard InChI is InChI=1S/C14H16O4S/c1-9(15)19-13-6-10(8-18-12-3-4-12)5-11(7-13)14(16)17-2/h5-7,12H,3-4,8H2,1-2H3. The van der Waals surface area contributed by atoms with Crippen LogP contribution in [-0.4, -0.2) is 24.3 Å². The molecule has 0 unspecified atom stereocenters. The van der Waals surface area contributed by atoms with Gasteiger partial charge in [-0.15, -0.1) is 0 Å². The van der Waals surface area contributed by atoms with Gasteiger partial charge < -0.3 is 9.47 Å². The first kappa shape index (κ1) is 14.1. The molecule has 4 nitrogen and oxygen atoms in total. The van der Waals surface area contributed by atoms with Gasteiger partial charge in [0.15, 0.2) is 5.12 Å². The van der Waals surface area contributed by atoms with Crippen LogP contribution in [0.5, 0.6) is 0 Å². The Hall–Kier alpha value is -1.33. The molecule has 0 saturated heterocycles. The second kappa shape index (κ2) is 6.21. The van der Waals surface area contributed by atoms with Crippen LogP contribution in [0, 0.1) is 0 Å². The lowest BCUT2D eigenvalue weighted by atomic mass is 10.1. The van der Waals surface area contributed by atoms with E-state index in [0.717, 1.165) is 35.1 Å². The number of rotatable bonds is 5. The Morgan fingerprint density at radius 1 is 1.32 bits per heavy atom. The Morgan fingerprint density at radius 2 is 2.05 bits per heavy atom. The molecule has 0 aliphatic heterocycles. The van der Waals surface area contributed by atoms with Crippen molar-refractivity contribution in [3.8, 4) is 0 Å². The highest BCUT2D eigenvalue weighted by atomic mass is 32.2. The maximum absolute atomic E-state index is 11.6. The fourth-order valence-electron chi connectivity index (χ4n) is 1.65. The van der Waals surface area contributed by atoms with E-state index in [-0.39, 0.29) is 5.12 Å². The molecule has 0 atom stereocenters. The van der Waals surface area contributed by atoms with Crippen LogP contribution in [0.15, 0.2) is 23.1 Å². The van der Waals surface area contributed by atoms with Crippen LogP contribution in [0.25, 0.3) is 0 Å². The first-order chi connectivity index (χ1) is 9.08. The fraction of sp³-hybridized carbons (Fsp3) is 0.429. The topological polar surface area (TPSA) is 52.6 Å². The molecular weight excluding hydrogens is 264 g/mol. The molecule has 1 saturated carbocycles. The lowest BCUT2D eigenvalue weighted by molar-refractivity contribution is -0.109. The third kappa shape index (κ3) is 4.36. The van der Waals surface area contributed by atoms with Crippen molar-refractivity contribution in [3.05, 3.63) is 29.3 Å². The van der Waals surface area contributed by atoms with Crippen molar-refractivity contribution >= 4 is 22.8 Å². The van der Waals surface area contributed by atoms with Gasteiger partial charge in [-0.3, -0.25) is 4.79 Å². The van der Waals surface area contributed by atoms with E-state index in [2.05, 4.69) is 0 Å². The maximum atomic E-state index is 11.6. The molecule has 5 heteroatoms. The van der Waals surface area contributed by atoms with Crippen LogP contribution in [-0.2, 0) is 20.9 Å². The van der Waals surface area contributed by atoms with Crippen LogP contribution in [0.1, 0.15) is 35.7 Å². The van der Waals surface area contributed by atoms with Gasteiger partial charge in [0.2, 0.25) is 0 Å². The molecule has 19 heavy (non-hydrogen) atoms. The van der Waals surface area contributed by atoms with Crippen molar-refractivity contribution in [2.75, 3.05) is 7.11 Å². The summed E-state index contributed by atoms with van der Waals surface area (Å²) in [7, 11) is 1.34. The summed E-state index contributed by atoms with van der Waals surface area (Å²) in [5, 5.41) is -0.0175. The molecule has 102 valence electrons. The van der Waals surface area contributed by atoms with Gasteiger partial charge in [-0.2, -0.15) is 0 Å². The van der Waals surface area contributed by atoms with Crippen molar-refractivity contribution in [3.63, 3.8) is 0 Å². The van der Waals surface area contributed by atoms with Gasteiger partial charge >= 0.3 is 5.97 Å². The highest BCUT2D eigenvalue weighted by Crippen LogP contribution is 2.27. The molecule has 1 fully saturated rings. The average Bonchev–Trinajstić information content (AvgIpc) is 3.18. The highest BCUT2D eigenvalue weighted by molar-refractivity contribution is 8.13. The van der Waals surface area contributed by atoms with Crippen molar-refractivity contribution in [1.29, 1.82) is 0 Å². The van der Waals surface area contributed by atoms with Gasteiger partial charge in [-0.1, -0.05) is 11.8 Å². The Kier molecular flexibility index (Phi) is 4.61. The molecule has 0 aromatic heterocycles. The van der Waals surface area contributed by atoms with E-state index in [1.165, 1.54) is 14.0 Å². The second-order valence-corrected chi connectivity index (χ2v) is 5.71. The zero-order chi connectivity index (χ0) is 13.8. The smallest absolute Gasteiger partial charge is 0.337 e. The lowest BCUT2D eigenvalue weighted by Gasteiger charge is -2.08. The van der Waals surface area contributed by atoms with Crippen molar-refractivity contribution in [1.82, 2.24) is 0 Å². The summed E-state index contributed by atoms with van der Waals surface area (Å²) in [6.45, 7) is 1.96. The average molecular weight is 280 g/mol. The molecule has 0 amide bonds. The van der Waals surface area contributed by atoms with E-state index in [9.17, 15) is 9.59 Å². The van der Waals surface area contributed by atoms with Gasteiger partial charge in [0.25, 0.3) is 0 Å². The Morgan fingerprint density at radius 3 is 2.63 bits per heavy atom. The van der Waals surface area contributed by atoms with Crippen LogP contribution in [0.4, 0.5) is 0 Å². The number of esters is 1. The molecule has 1 aromatic carbocycles. The van der Waals surface area contributed by atoms with Crippen LogP contribution in [0.3, 0.4) is 0 Å². The SMILES string of the molecule is COC(=O)c1cc(COC2CC2)cc(SC(C)=O)c1. The number of carbonyl (C=O) groups excluding carboxylic acids is 2. The minimum absolute atomic E-state index is 0.0175. The Balaban J connectivity index is 2.18. The molecule has 2 rings (SSSR count). The molecule has 0 radical (unpaired) electrons. The molecule has 1 aliphatic carbocycles. The summed E-state index contributed by atoms with van der Waals surface area (Å²) in [5.74, 6) is -0.404. The number of carbonyl (C=O) groups is 2. The van der Waals surface area contributed by atoms with Gasteiger partial charge in [0.05, 0.1) is 25.4 Å². The number of ether oxygens (including phenoxy) is 2. The van der Waals surface area contributed by atoms with Crippen molar-refractivity contribution in [2.45, 2.75) is 37.4 Å². The number of benzene rings is 1. The summed E-state index contributed by atoms with van der Waals surface area (Å²) in [6, 6.07) is 5.29. The van der Waals surface area contributed by atoms with E-state index in [4.69, 9.17) is 9.47 Å². The number of hydrogen-bond donors (Lipinski definition) is 0. The molecular formula is C14H16O4S. The van der Waals surface area contributed by atoms with Gasteiger partial charge in [0, 0.05) is 11.8 Å². The maximum Gasteiger partial charge on any atom is 0.337 e. The monoisotopic (exact) mass is 280 g/mol. The number of thioether (sulfide) groups is 1. The second-order valence-electron chi connectivity index (χ2n) is 4.46. The Labute approximate surface area is 116 Å². The zero-order valence-electron chi connectivity index (χ0n) is 11.0. The van der Waals surface area contributed by atoms with E-state index in [1.54, 1.807) is 12.1 Å². The summed E-state index contributed by atoms with van der Waals surface area (Å²) in [5.41, 5.74) is 1.33. The first-order valence-electron chi connectivity index (χ1n) is 6.11. The zero-order valence-corrected chi connectivity index (χ0v) is 11.8. The van der Waals surface area contributed by atoms with Crippen LogP contribution in [0.2, 0.25) is 0 Å². The first-order valence-corrected chi connectivity index (χ1v) is 6.92. The van der Waals surface area contributed by atoms with E-state index >= 15 is 0 Å². The summed E-state index contributed by atoms with van der Waals surface area (Å²) >= 11 is 1.10. The Bertz CT molecular complexity index is 494. The largest absolute Gasteiger partial charge is 0.465 e. The number of methoxy groups -OCH3 is 1. The van der Waals surface area contributed by atoms with Gasteiger partial charge in [0.1, 0.15) is 0 Å². The highest BCUT2D eigenvalue weighted by Gasteiger charge is 2.22. The van der Waals surface area contributed by atoms with E-state index in [1.807, 2.05) is 6.07 Å². The fourth-order valence-corrected chi connectivity index (χ4v) is 2.38. The van der Waals surface area contributed by atoms with Crippen molar-refractivity contribution < 1.29 is 19.1 Å².